The third kappa shape index (κ3) is 4.54. The largest absolute Gasteiger partial charge is 0.325 e. The Labute approximate surface area is 126 Å². The average molecular weight is 291 g/mol. The second kappa shape index (κ2) is 7.72. The maximum absolute atomic E-state index is 5.53. The van der Waals surface area contributed by atoms with Crippen molar-refractivity contribution in [3.8, 4) is 0 Å². The lowest BCUT2D eigenvalue weighted by Crippen LogP contribution is -2.23. The Balaban J connectivity index is 1.97. The molecule has 1 saturated heterocycles. The highest BCUT2D eigenvalue weighted by Gasteiger charge is 2.11. The zero-order valence-electron chi connectivity index (χ0n) is 12.4. The van der Waals surface area contributed by atoms with Crippen molar-refractivity contribution in [2.24, 2.45) is 10.7 Å². The Morgan fingerprint density at radius 2 is 2.00 bits per heavy atom. The molecule has 3 nitrogen and oxygen atoms in total. The van der Waals surface area contributed by atoms with E-state index < -0.39 is 0 Å². The Morgan fingerprint density at radius 1 is 1.30 bits per heavy atom. The van der Waals surface area contributed by atoms with Gasteiger partial charge in [-0.3, -0.25) is 9.89 Å². The van der Waals surface area contributed by atoms with Crippen LogP contribution in [0.25, 0.3) is 0 Å². The first-order valence-electron chi connectivity index (χ1n) is 7.43. The van der Waals surface area contributed by atoms with Gasteiger partial charge in [-0.1, -0.05) is 19.4 Å². The molecule has 20 heavy (non-hydrogen) atoms. The molecule has 1 aromatic rings. The second-order valence-electron chi connectivity index (χ2n) is 5.42. The number of aliphatic imine (C=N–C) groups is 1. The molecule has 1 fully saturated rings. The molecule has 0 aliphatic carbocycles. The minimum absolute atomic E-state index is 0.420. The Morgan fingerprint density at radius 3 is 2.65 bits per heavy atom. The van der Waals surface area contributed by atoms with E-state index >= 15 is 0 Å². The molecular formula is C16H25N3S. The fourth-order valence-electron chi connectivity index (χ4n) is 2.51. The highest BCUT2D eigenvalue weighted by Crippen LogP contribution is 2.21. The maximum atomic E-state index is 5.53. The van der Waals surface area contributed by atoms with Gasteiger partial charge in [0.25, 0.3) is 0 Å². The highest BCUT2D eigenvalue weighted by atomic mass is 32.1. The maximum Gasteiger partial charge on any atom is 0.0548 e. The van der Waals surface area contributed by atoms with E-state index in [1.807, 2.05) is 18.3 Å². The predicted molar refractivity (Wildman–Crippen MR) is 88.5 cm³/mol. The first-order chi connectivity index (χ1) is 9.69. The molecular weight excluding hydrogens is 266 g/mol. The Kier molecular flexibility index (Phi) is 5.95. The molecule has 2 rings (SSSR count). The molecule has 110 valence electrons. The molecule has 1 aromatic heterocycles. The molecule has 0 atom stereocenters. The van der Waals surface area contributed by atoms with Crippen LogP contribution in [0.4, 0.5) is 0 Å². The molecule has 0 amide bonds. The van der Waals surface area contributed by atoms with E-state index in [-0.39, 0.29) is 0 Å². The smallest absolute Gasteiger partial charge is 0.0548 e. The molecule has 0 radical (unpaired) electrons. The lowest BCUT2D eigenvalue weighted by molar-refractivity contribution is 0.279. The summed E-state index contributed by atoms with van der Waals surface area (Å²) in [5.41, 5.74) is 7.29. The molecule has 4 heteroatoms. The van der Waals surface area contributed by atoms with Gasteiger partial charge < -0.3 is 5.73 Å². The number of thiophene rings is 1. The van der Waals surface area contributed by atoms with E-state index in [1.165, 1.54) is 48.5 Å². The van der Waals surface area contributed by atoms with Crippen LogP contribution in [0.2, 0.25) is 0 Å². The summed E-state index contributed by atoms with van der Waals surface area (Å²) in [7, 11) is 0. The van der Waals surface area contributed by atoms with Crippen molar-refractivity contribution in [1.29, 1.82) is 0 Å². The number of nitrogens with two attached hydrogens (primary N) is 1. The van der Waals surface area contributed by atoms with Gasteiger partial charge in [-0.15, -0.1) is 11.3 Å². The van der Waals surface area contributed by atoms with Crippen LogP contribution in [0.3, 0.4) is 0 Å². The van der Waals surface area contributed by atoms with E-state index in [0.717, 1.165) is 18.0 Å². The average Bonchev–Trinajstić information content (AvgIpc) is 2.75. The van der Waals surface area contributed by atoms with E-state index in [1.54, 1.807) is 0 Å². The van der Waals surface area contributed by atoms with Crippen molar-refractivity contribution < 1.29 is 0 Å². The van der Waals surface area contributed by atoms with E-state index in [4.69, 9.17) is 5.73 Å². The van der Waals surface area contributed by atoms with Gasteiger partial charge in [0.2, 0.25) is 0 Å². The van der Waals surface area contributed by atoms with Crippen molar-refractivity contribution in [2.45, 2.75) is 39.2 Å². The van der Waals surface area contributed by atoms with Crippen LogP contribution in [-0.4, -0.2) is 30.2 Å². The predicted octanol–water partition coefficient (Wildman–Crippen LogP) is 3.41. The normalized spacial score (nSPS) is 18.0. The quantitative estimate of drug-likeness (QED) is 0.845. The van der Waals surface area contributed by atoms with Crippen LogP contribution in [-0.2, 0) is 6.54 Å². The van der Waals surface area contributed by atoms with Crippen LogP contribution in [0.1, 0.15) is 42.4 Å². The van der Waals surface area contributed by atoms with Crippen LogP contribution in [0, 0.1) is 0 Å². The van der Waals surface area contributed by atoms with Crippen molar-refractivity contribution in [1.82, 2.24) is 4.90 Å². The zero-order valence-corrected chi connectivity index (χ0v) is 13.2. The van der Waals surface area contributed by atoms with Gasteiger partial charge in [0.05, 0.1) is 5.71 Å². The molecule has 1 aliphatic heterocycles. The standard InChI is InChI=1S/C16H25N3S/c1-13(11-17)18-14(2)16-8-7-15(20-16)12-19-9-5-3-4-6-10-19/h7-8H,1,3-6,9-12,17H2,2H3. The number of hydrogen-bond acceptors (Lipinski definition) is 4. The van der Waals surface area contributed by atoms with Crippen molar-refractivity contribution >= 4 is 17.0 Å². The van der Waals surface area contributed by atoms with Crippen LogP contribution in [0.15, 0.2) is 29.4 Å². The van der Waals surface area contributed by atoms with Gasteiger partial charge >= 0.3 is 0 Å². The number of rotatable bonds is 5. The summed E-state index contributed by atoms with van der Waals surface area (Å²) in [5.74, 6) is 0. The van der Waals surface area contributed by atoms with Crippen molar-refractivity contribution in [2.75, 3.05) is 19.6 Å². The Hall–Kier alpha value is -0.970. The second-order valence-corrected chi connectivity index (χ2v) is 6.59. The van der Waals surface area contributed by atoms with Gasteiger partial charge in [-0.05, 0) is 45.0 Å². The Bertz CT molecular complexity index is 468. The third-order valence-corrected chi connectivity index (χ3v) is 4.84. The molecule has 0 unspecified atom stereocenters. The lowest BCUT2D eigenvalue weighted by atomic mass is 10.2. The van der Waals surface area contributed by atoms with Gasteiger partial charge in [-0.25, -0.2) is 0 Å². The molecule has 0 aromatic carbocycles. The highest BCUT2D eigenvalue weighted by molar-refractivity contribution is 7.14. The molecule has 2 N–H and O–H groups in total. The summed E-state index contributed by atoms with van der Waals surface area (Å²) in [6.07, 6.45) is 5.46. The minimum atomic E-state index is 0.420. The van der Waals surface area contributed by atoms with Crippen molar-refractivity contribution in [3.63, 3.8) is 0 Å². The van der Waals surface area contributed by atoms with Crippen LogP contribution in [0.5, 0.6) is 0 Å². The minimum Gasteiger partial charge on any atom is -0.325 e. The third-order valence-electron chi connectivity index (χ3n) is 3.66. The summed E-state index contributed by atoms with van der Waals surface area (Å²) < 4.78 is 0. The fourth-order valence-corrected chi connectivity index (χ4v) is 3.51. The van der Waals surface area contributed by atoms with Gasteiger partial charge in [0, 0.05) is 28.5 Å². The first kappa shape index (κ1) is 15.4. The summed E-state index contributed by atoms with van der Waals surface area (Å²) in [4.78, 5) is 9.66. The zero-order chi connectivity index (χ0) is 14.4. The molecule has 0 spiro atoms. The van der Waals surface area contributed by atoms with Gasteiger partial charge in [0.15, 0.2) is 0 Å². The number of nitrogens with zero attached hydrogens (tertiary/aromatic N) is 2. The summed E-state index contributed by atoms with van der Waals surface area (Å²) in [5, 5.41) is 0. The monoisotopic (exact) mass is 291 g/mol. The molecule has 2 heterocycles. The summed E-state index contributed by atoms with van der Waals surface area (Å²) in [6, 6.07) is 4.40. The summed E-state index contributed by atoms with van der Waals surface area (Å²) >= 11 is 1.84. The first-order valence-corrected chi connectivity index (χ1v) is 8.25. The van der Waals surface area contributed by atoms with Crippen LogP contribution < -0.4 is 5.73 Å². The number of likely N-dealkylation sites (tertiary alicyclic amines) is 1. The van der Waals surface area contributed by atoms with E-state index in [2.05, 4.69) is 28.6 Å². The van der Waals surface area contributed by atoms with Gasteiger partial charge in [-0.2, -0.15) is 0 Å². The van der Waals surface area contributed by atoms with E-state index in [0.29, 0.717) is 6.54 Å². The fraction of sp³-hybridized carbons (Fsp3) is 0.562. The topological polar surface area (TPSA) is 41.6 Å². The molecule has 0 bridgehead atoms. The van der Waals surface area contributed by atoms with E-state index in [9.17, 15) is 0 Å². The lowest BCUT2D eigenvalue weighted by Gasteiger charge is -2.18. The summed E-state index contributed by atoms with van der Waals surface area (Å²) in [6.45, 7) is 9.84. The SMILES string of the molecule is C=C(CN)N=C(C)c1ccc(CN2CCCCCC2)s1. The molecule has 0 saturated carbocycles. The molecule has 1 aliphatic rings. The van der Waals surface area contributed by atoms with Crippen molar-refractivity contribution in [3.05, 3.63) is 34.2 Å². The van der Waals surface area contributed by atoms with Crippen LogP contribution >= 0.6 is 11.3 Å². The van der Waals surface area contributed by atoms with Gasteiger partial charge in [0.1, 0.15) is 0 Å². The number of hydrogen-bond donors (Lipinski definition) is 1.